The Morgan fingerprint density at radius 3 is 2.31 bits per heavy atom. The van der Waals surface area contributed by atoms with Crippen molar-refractivity contribution in [2.75, 3.05) is 13.7 Å². The molecule has 1 atom stereocenters. The number of aromatic nitrogens is 2. The van der Waals surface area contributed by atoms with E-state index in [-0.39, 0.29) is 10.5 Å². The number of benzene rings is 2. The first-order valence-corrected chi connectivity index (χ1v) is 12.3. The summed E-state index contributed by atoms with van der Waals surface area (Å²) in [6, 6.07) is 12.9. The van der Waals surface area contributed by atoms with Crippen LogP contribution in [0.1, 0.15) is 46.0 Å². The van der Waals surface area contributed by atoms with E-state index < -0.39 is 16.1 Å². The van der Waals surface area contributed by atoms with Gasteiger partial charge in [-0.15, -0.1) is 0 Å². The molecule has 1 unspecified atom stereocenters. The van der Waals surface area contributed by atoms with Gasteiger partial charge < -0.3 is 4.74 Å². The number of hydrogen-bond acceptors (Lipinski definition) is 5. The summed E-state index contributed by atoms with van der Waals surface area (Å²) in [5.41, 5.74) is 0.403. The Bertz CT molecular complexity index is 1230. The van der Waals surface area contributed by atoms with Gasteiger partial charge >= 0.3 is 0 Å². The van der Waals surface area contributed by atoms with E-state index in [1.54, 1.807) is 54.0 Å². The minimum atomic E-state index is -3.84. The van der Waals surface area contributed by atoms with E-state index in [1.165, 1.54) is 11.4 Å². The smallest absolute Gasteiger partial charge is 0.261 e. The molecule has 0 radical (unpaired) electrons. The predicted molar refractivity (Wildman–Crippen MR) is 126 cm³/mol. The second kappa shape index (κ2) is 9.83. The van der Waals surface area contributed by atoms with Gasteiger partial charge in [0, 0.05) is 13.1 Å². The molecule has 0 aliphatic rings. The SMILES string of the molecule is CCn1c(C(C)N(CCC(C)C)S(=O)(=O)c2ccc(OC)cc2)nc2ccccc2c1=O. The number of para-hydroxylation sites is 1. The molecule has 0 saturated heterocycles. The van der Waals surface area contributed by atoms with Crippen LogP contribution in [-0.2, 0) is 16.6 Å². The number of rotatable bonds is 9. The standard InChI is InChI=1S/C24H31N3O4S/c1-6-26-23(25-22-10-8-7-9-21(22)24(26)28)18(4)27(16-15-17(2)3)32(29,30)20-13-11-19(31-5)12-14-20/h7-14,17-18H,6,15-16H2,1-5H3. The molecule has 3 aromatic rings. The van der Waals surface area contributed by atoms with Crippen LogP contribution < -0.4 is 10.3 Å². The van der Waals surface area contributed by atoms with Gasteiger partial charge in [0.25, 0.3) is 5.56 Å². The van der Waals surface area contributed by atoms with Gasteiger partial charge in [-0.25, -0.2) is 13.4 Å². The first kappa shape index (κ1) is 23.9. The predicted octanol–water partition coefficient (Wildman–Crippen LogP) is 4.22. The lowest BCUT2D eigenvalue weighted by Gasteiger charge is -2.30. The second-order valence-electron chi connectivity index (χ2n) is 8.19. The van der Waals surface area contributed by atoms with Crippen LogP contribution in [0.2, 0.25) is 0 Å². The average Bonchev–Trinajstić information content (AvgIpc) is 2.78. The summed E-state index contributed by atoms with van der Waals surface area (Å²) in [4.78, 5) is 18.0. The average molecular weight is 458 g/mol. The first-order valence-electron chi connectivity index (χ1n) is 10.9. The van der Waals surface area contributed by atoms with Crippen molar-refractivity contribution in [2.24, 2.45) is 5.92 Å². The van der Waals surface area contributed by atoms with Crippen LogP contribution in [0, 0.1) is 5.92 Å². The highest BCUT2D eigenvalue weighted by Gasteiger charge is 2.32. The minimum Gasteiger partial charge on any atom is -0.497 e. The molecular weight excluding hydrogens is 426 g/mol. The van der Waals surface area contributed by atoms with Crippen LogP contribution in [0.25, 0.3) is 10.9 Å². The molecule has 3 rings (SSSR count). The van der Waals surface area contributed by atoms with Crippen molar-refractivity contribution in [3.05, 3.63) is 64.7 Å². The lowest BCUT2D eigenvalue weighted by molar-refractivity contribution is 0.304. The Labute approximate surface area is 189 Å². The molecule has 32 heavy (non-hydrogen) atoms. The van der Waals surface area contributed by atoms with Crippen molar-refractivity contribution in [3.8, 4) is 5.75 Å². The molecule has 0 amide bonds. The van der Waals surface area contributed by atoms with E-state index in [9.17, 15) is 13.2 Å². The second-order valence-corrected chi connectivity index (χ2v) is 10.1. The van der Waals surface area contributed by atoms with Gasteiger partial charge in [-0.3, -0.25) is 9.36 Å². The molecule has 172 valence electrons. The van der Waals surface area contributed by atoms with Gasteiger partial charge in [-0.2, -0.15) is 4.31 Å². The molecule has 0 aliphatic carbocycles. The van der Waals surface area contributed by atoms with E-state index in [1.807, 2.05) is 13.0 Å². The number of fused-ring (bicyclic) bond motifs is 1. The summed E-state index contributed by atoms with van der Waals surface area (Å²) < 4.78 is 35.5. The van der Waals surface area contributed by atoms with Gasteiger partial charge in [-0.1, -0.05) is 26.0 Å². The molecule has 0 N–H and O–H groups in total. The third kappa shape index (κ3) is 4.71. The van der Waals surface area contributed by atoms with Crippen LogP contribution in [0.15, 0.2) is 58.2 Å². The summed E-state index contributed by atoms with van der Waals surface area (Å²) >= 11 is 0. The topological polar surface area (TPSA) is 81.5 Å². The molecule has 1 aromatic heterocycles. The van der Waals surface area contributed by atoms with Gasteiger partial charge in [0.05, 0.1) is 29.0 Å². The van der Waals surface area contributed by atoms with Crippen LogP contribution in [0.4, 0.5) is 0 Å². The van der Waals surface area contributed by atoms with Crippen LogP contribution >= 0.6 is 0 Å². The number of nitrogens with zero attached hydrogens (tertiary/aromatic N) is 3. The Kier molecular flexibility index (Phi) is 7.36. The summed E-state index contributed by atoms with van der Waals surface area (Å²) in [5, 5.41) is 0.525. The van der Waals surface area contributed by atoms with E-state index in [4.69, 9.17) is 9.72 Å². The summed E-state index contributed by atoms with van der Waals surface area (Å²) in [6.45, 7) is 8.49. The largest absolute Gasteiger partial charge is 0.497 e. The number of sulfonamides is 1. The minimum absolute atomic E-state index is 0.161. The van der Waals surface area contributed by atoms with Crippen molar-refractivity contribution >= 4 is 20.9 Å². The van der Waals surface area contributed by atoms with Crippen molar-refractivity contribution in [1.82, 2.24) is 13.9 Å². The highest BCUT2D eigenvalue weighted by Crippen LogP contribution is 2.29. The highest BCUT2D eigenvalue weighted by molar-refractivity contribution is 7.89. The molecule has 0 aliphatic heterocycles. The summed E-state index contributed by atoms with van der Waals surface area (Å²) in [7, 11) is -2.30. The van der Waals surface area contributed by atoms with E-state index >= 15 is 0 Å². The van der Waals surface area contributed by atoms with E-state index in [0.717, 1.165) is 0 Å². The van der Waals surface area contributed by atoms with Crippen LogP contribution in [-0.4, -0.2) is 35.9 Å². The van der Waals surface area contributed by atoms with Crippen molar-refractivity contribution in [3.63, 3.8) is 0 Å². The molecule has 7 nitrogen and oxygen atoms in total. The maximum Gasteiger partial charge on any atom is 0.261 e. The van der Waals surface area contributed by atoms with Gasteiger partial charge in [-0.05, 0) is 62.6 Å². The third-order valence-corrected chi connectivity index (χ3v) is 7.59. The Morgan fingerprint density at radius 1 is 1.06 bits per heavy atom. The Hall–Kier alpha value is -2.71. The molecule has 0 spiro atoms. The van der Waals surface area contributed by atoms with Crippen LogP contribution in [0.3, 0.4) is 0 Å². The quantitative estimate of drug-likeness (QED) is 0.480. The number of hydrogen-bond donors (Lipinski definition) is 0. The zero-order valence-corrected chi connectivity index (χ0v) is 20.1. The normalized spacial score (nSPS) is 13.1. The summed E-state index contributed by atoms with van der Waals surface area (Å²) in [5.74, 6) is 1.34. The fraction of sp³-hybridized carbons (Fsp3) is 0.417. The van der Waals surface area contributed by atoms with Crippen LogP contribution in [0.5, 0.6) is 5.75 Å². The lowest BCUT2D eigenvalue weighted by atomic mass is 10.1. The third-order valence-electron chi connectivity index (χ3n) is 5.61. The highest BCUT2D eigenvalue weighted by atomic mass is 32.2. The van der Waals surface area contributed by atoms with Crippen molar-refractivity contribution in [1.29, 1.82) is 0 Å². The summed E-state index contributed by atoms with van der Waals surface area (Å²) in [6.07, 6.45) is 0.684. The molecule has 1 heterocycles. The first-order chi connectivity index (χ1) is 15.2. The molecule has 2 aromatic carbocycles. The molecule has 0 bridgehead atoms. The monoisotopic (exact) mass is 457 g/mol. The zero-order chi connectivity index (χ0) is 23.5. The Balaban J connectivity index is 2.14. The maximum atomic E-state index is 13.7. The molecule has 0 fully saturated rings. The number of methoxy groups -OCH3 is 1. The Morgan fingerprint density at radius 2 is 1.72 bits per heavy atom. The maximum absolute atomic E-state index is 13.7. The molecule has 0 saturated carbocycles. The zero-order valence-electron chi connectivity index (χ0n) is 19.3. The fourth-order valence-electron chi connectivity index (χ4n) is 3.73. The van der Waals surface area contributed by atoms with Crippen molar-refractivity contribution in [2.45, 2.75) is 51.6 Å². The van der Waals surface area contributed by atoms with Gasteiger partial charge in [0.2, 0.25) is 10.0 Å². The van der Waals surface area contributed by atoms with E-state index in [0.29, 0.717) is 47.9 Å². The van der Waals surface area contributed by atoms with Crippen molar-refractivity contribution < 1.29 is 13.2 Å². The fourth-order valence-corrected chi connectivity index (χ4v) is 5.34. The van der Waals surface area contributed by atoms with Gasteiger partial charge in [0.1, 0.15) is 11.6 Å². The van der Waals surface area contributed by atoms with Gasteiger partial charge in [0.15, 0.2) is 0 Å². The van der Waals surface area contributed by atoms with E-state index in [2.05, 4.69) is 13.8 Å². The lowest BCUT2D eigenvalue weighted by Crippen LogP contribution is -2.38. The molecule has 8 heteroatoms. The molecular formula is C24H31N3O4S. The number of ether oxygens (including phenoxy) is 1.